The first-order valence-electron chi connectivity index (χ1n) is 13.2. The van der Waals surface area contributed by atoms with Crippen molar-refractivity contribution in [1.29, 1.82) is 0 Å². The number of benzene rings is 1. The number of hydrogen-bond acceptors (Lipinski definition) is 6. The zero-order valence-corrected chi connectivity index (χ0v) is 22.4. The van der Waals surface area contributed by atoms with Gasteiger partial charge in [-0.25, -0.2) is 4.39 Å². The largest absolute Gasteiger partial charge is 0.416 e. The molecule has 0 saturated carbocycles. The predicted octanol–water partition coefficient (Wildman–Crippen LogP) is 1.79. The molecule has 5 atom stereocenters. The van der Waals surface area contributed by atoms with Crippen LogP contribution in [0, 0.1) is 5.92 Å². The fourth-order valence-electron chi connectivity index (χ4n) is 4.74. The molecule has 2 heterocycles. The maximum absolute atomic E-state index is 13.6. The molecule has 2 amide bonds. The van der Waals surface area contributed by atoms with Crippen molar-refractivity contribution in [1.82, 2.24) is 15.5 Å². The Morgan fingerprint density at radius 1 is 1.18 bits per heavy atom. The van der Waals surface area contributed by atoms with Crippen LogP contribution in [0.1, 0.15) is 56.8 Å². The monoisotopic (exact) mass is 572 g/mol. The van der Waals surface area contributed by atoms with E-state index in [0.29, 0.717) is 31.4 Å². The van der Waals surface area contributed by atoms with Crippen molar-refractivity contribution in [3.63, 3.8) is 0 Å². The average Bonchev–Trinajstić information content (AvgIpc) is 3.49. The summed E-state index contributed by atoms with van der Waals surface area (Å²) in [5.41, 5.74) is 10.3. The molecule has 2 saturated heterocycles. The number of guanidine groups is 1. The minimum Gasteiger partial charge on any atom is -0.370 e. The van der Waals surface area contributed by atoms with Gasteiger partial charge < -0.3 is 26.4 Å². The van der Waals surface area contributed by atoms with Crippen LogP contribution in [0.25, 0.3) is 0 Å². The average molecular weight is 573 g/mol. The second kappa shape index (κ2) is 13.4. The molecular formula is C26H36F4N6O4. The molecular weight excluding hydrogens is 536 g/mol. The number of rotatable bonds is 13. The first kappa shape index (κ1) is 31.3. The predicted molar refractivity (Wildman–Crippen MR) is 138 cm³/mol. The summed E-state index contributed by atoms with van der Waals surface area (Å²) in [6, 6.07) is 1.99. The Morgan fingerprint density at radius 3 is 2.42 bits per heavy atom. The van der Waals surface area contributed by atoms with E-state index in [9.17, 15) is 31.9 Å². The third-order valence-corrected chi connectivity index (χ3v) is 6.96. The number of ether oxygens (including phenoxy) is 1. The number of amides is 2. The molecule has 2 aliphatic heterocycles. The number of nitrogens with zero attached hydrogens (tertiary/aromatic N) is 2. The van der Waals surface area contributed by atoms with E-state index in [2.05, 4.69) is 15.6 Å². The van der Waals surface area contributed by atoms with E-state index in [1.165, 1.54) is 17.0 Å². The number of epoxide rings is 1. The molecule has 10 nitrogen and oxygen atoms in total. The number of carbonyl (C=O) groups is 3. The zero-order valence-electron chi connectivity index (χ0n) is 22.4. The van der Waals surface area contributed by atoms with Crippen molar-refractivity contribution in [2.45, 2.75) is 76.2 Å². The molecule has 0 aromatic heterocycles. The Kier molecular flexibility index (Phi) is 10.5. The summed E-state index contributed by atoms with van der Waals surface area (Å²) < 4.78 is 57.3. The Hall–Kier alpha value is -3.26. The smallest absolute Gasteiger partial charge is 0.370 e. The highest BCUT2D eigenvalue weighted by Gasteiger charge is 2.46. The Balaban J connectivity index is 1.62. The third kappa shape index (κ3) is 8.13. The van der Waals surface area contributed by atoms with Crippen LogP contribution in [-0.2, 0) is 25.3 Å². The fourth-order valence-corrected chi connectivity index (χ4v) is 4.74. The topological polar surface area (TPSA) is 155 Å². The van der Waals surface area contributed by atoms with Crippen molar-refractivity contribution in [2.24, 2.45) is 22.4 Å². The normalized spacial score (nSPS) is 22.1. The van der Waals surface area contributed by atoms with Crippen LogP contribution < -0.4 is 22.1 Å². The van der Waals surface area contributed by atoms with Gasteiger partial charge in [0.1, 0.15) is 25.0 Å². The molecule has 6 N–H and O–H groups in total. The number of likely N-dealkylation sites (tertiary alicyclic amines) is 1. The summed E-state index contributed by atoms with van der Waals surface area (Å²) >= 11 is 0. The van der Waals surface area contributed by atoms with Crippen molar-refractivity contribution < 1.29 is 36.7 Å². The summed E-state index contributed by atoms with van der Waals surface area (Å²) in [4.78, 5) is 44.0. The molecule has 0 radical (unpaired) electrons. The number of Topliss-reactive ketones (excluding diaryl/α,β-unsaturated/α-hetero) is 1. The van der Waals surface area contributed by atoms with Gasteiger partial charge in [-0.05, 0) is 49.3 Å². The minimum atomic E-state index is -4.44. The van der Waals surface area contributed by atoms with E-state index in [1.54, 1.807) is 0 Å². The van der Waals surface area contributed by atoms with Crippen LogP contribution >= 0.6 is 0 Å². The molecule has 0 spiro atoms. The molecule has 0 aliphatic carbocycles. The molecule has 222 valence electrons. The first-order valence-corrected chi connectivity index (χ1v) is 13.2. The highest BCUT2D eigenvalue weighted by atomic mass is 19.4. The van der Waals surface area contributed by atoms with Crippen molar-refractivity contribution >= 4 is 23.6 Å². The first-order chi connectivity index (χ1) is 18.8. The summed E-state index contributed by atoms with van der Waals surface area (Å²) in [6.07, 6.45) is -4.13. The highest BCUT2D eigenvalue weighted by Crippen LogP contribution is 2.39. The van der Waals surface area contributed by atoms with Crippen LogP contribution in [0.5, 0.6) is 0 Å². The van der Waals surface area contributed by atoms with E-state index < -0.39 is 60.6 Å². The maximum atomic E-state index is 13.6. The number of nitrogens with one attached hydrogen (secondary N) is 2. The second-order valence-electron chi connectivity index (χ2n) is 10.3. The van der Waals surface area contributed by atoms with Gasteiger partial charge in [0.05, 0.1) is 17.6 Å². The zero-order chi connectivity index (χ0) is 29.6. The van der Waals surface area contributed by atoms with Gasteiger partial charge in [0.25, 0.3) is 0 Å². The summed E-state index contributed by atoms with van der Waals surface area (Å²) in [6.45, 7) is 2.93. The van der Waals surface area contributed by atoms with Gasteiger partial charge in [-0.15, -0.1) is 0 Å². The third-order valence-electron chi connectivity index (χ3n) is 6.96. The fraction of sp³-hybridized carbons (Fsp3) is 0.615. The maximum Gasteiger partial charge on any atom is 0.416 e. The van der Waals surface area contributed by atoms with Gasteiger partial charge in [0.2, 0.25) is 11.8 Å². The lowest BCUT2D eigenvalue weighted by molar-refractivity contribution is -0.141. The van der Waals surface area contributed by atoms with Gasteiger partial charge in [0, 0.05) is 13.1 Å². The highest BCUT2D eigenvalue weighted by molar-refractivity contribution is 5.94. The van der Waals surface area contributed by atoms with Crippen LogP contribution in [0.4, 0.5) is 17.6 Å². The molecule has 2 aliphatic rings. The standard InChI is InChI=1S/C26H36F4N6O4/c1-14(2)20(35-23-21(40-23)15-7-9-16(10-8-15)26(28,29)30)24(39)36-12-4-6-18(36)22(38)34-17(19(37)13-27)5-3-11-33-25(31)32/h7-10,14,17-18,20-21,23,35H,3-6,11-13H2,1-2H3,(H,34,38)(H4,31,32,33)/t17-,18-,20-,21?,23?/m0/s1. The number of ketones is 1. The molecule has 2 unspecified atom stereocenters. The van der Waals surface area contributed by atoms with Crippen LogP contribution in [0.15, 0.2) is 29.3 Å². The van der Waals surface area contributed by atoms with Gasteiger partial charge in [-0.3, -0.25) is 24.7 Å². The van der Waals surface area contributed by atoms with Crippen molar-refractivity contribution in [3.05, 3.63) is 35.4 Å². The lowest BCUT2D eigenvalue weighted by Crippen LogP contribution is -2.56. The lowest BCUT2D eigenvalue weighted by Gasteiger charge is -2.31. The molecule has 1 aromatic carbocycles. The SMILES string of the molecule is CC(C)[C@H](NC1OC1c1ccc(C(F)(F)F)cc1)C(=O)N1CCC[C@H]1C(=O)N[C@@H](CCCN=C(N)N)C(=O)CF. The number of hydrogen-bond donors (Lipinski definition) is 4. The summed E-state index contributed by atoms with van der Waals surface area (Å²) in [5.74, 6) is -1.99. The number of nitrogens with two attached hydrogens (primary N) is 2. The van der Waals surface area contributed by atoms with E-state index in [0.717, 1.165) is 12.1 Å². The van der Waals surface area contributed by atoms with E-state index in [4.69, 9.17) is 16.2 Å². The number of carbonyl (C=O) groups excluding carboxylic acids is 3. The van der Waals surface area contributed by atoms with Gasteiger partial charge in [-0.1, -0.05) is 26.0 Å². The molecule has 3 rings (SSSR count). The van der Waals surface area contributed by atoms with E-state index in [1.807, 2.05) is 13.8 Å². The van der Waals surface area contributed by atoms with Crippen molar-refractivity contribution in [3.8, 4) is 0 Å². The van der Waals surface area contributed by atoms with E-state index >= 15 is 0 Å². The van der Waals surface area contributed by atoms with Gasteiger partial charge in [0.15, 0.2) is 11.7 Å². The Labute approximate surface area is 229 Å². The molecule has 2 fully saturated rings. The van der Waals surface area contributed by atoms with E-state index in [-0.39, 0.29) is 30.8 Å². The van der Waals surface area contributed by atoms with Gasteiger partial charge >= 0.3 is 6.18 Å². The molecule has 40 heavy (non-hydrogen) atoms. The van der Waals surface area contributed by atoms with Crippen LogP contribution in [0.2, 0.25) is 0 Å². The second-order valence-corrected chi connectivity index (χ2v) is 10.3. The van der Waals surface area contributed by atoms with Crippen LogP contribution in [-0.4, -0.2) is 72.6 Å². The summed E-state index contributed by atoms with van der Waals surface area (Å²) in [5, 5.41) is 5.72. The summed E-state index contributed by atoms with van der Waals surface area (Å²) in [7, 11) is 0. The quantitative estimate of drug-likeness (QED) is 0.0923. The number of halogens is 4. The lowest BCUT2D eigenvalue weighted by atomic mass is 10.0. The molecule has 1 aromatic rings. The molecule has 0 bridgehead atoms. The number of alkyl halides is 4. The number of aliphatic imine (C=N–C) groups is 1. The van der Waals surface area contributed by atoms with Crippen molar-refractivity contribution in [2.75, 3.05) is 19.8 Å². The molecule has 14 heteroatoms. The van der Waals surface area contributed by atoms with Gasteiger partial charge in [-0.2, -0.15) is 13.2 Å². The minimum absolute atomic E-state index is 0.117. The Morgan fingerprint density at radius 2 is 1.85 bits per heavy atom. The Bertz CT molecular complexity index is 1080. The van der Waals surface area contributed by atoms with Crippen LogP contribution in [0.3, 0.4) is 0 Å².